The van der Waals surface area contributed by atoms with Crippen molar-refractivity contribution in [1.82, 2.24) is 14.5 Å². The molecule has 33 heavy (non-hydrogen) atoms. The molecule has 0 aliphatic heterocycles. The molecule has 0 atom stereocenters. The van der Waals surface area contributed by atoms with Crippen LogP contribution in [0.5, 0.6) is 0 Å². The van der Waals surface area contributed by atoms with Gasteiger partial charge in [0.2, 0.25) is 0 Å². The van der Waals surface area contributed by atoms with E-state index in [0.29, 0.717) is 11.2 Å². The first-order chi connectivity index (χ1) is 15.9. The summed E-state index contributed by atoms with van der Waals surface area (Å²) >= 11 is 0. The molecule has 4 nitrogen and oxygen atoms in total. The van der Waals surface area contributed by atoms with E-state index in [1.54, 1.807) is 6.07 Å². The third-order valence-corrected chi connectivity index (χ3v) is 5.99. The number of fused-ring (bicyclic) bond motifs is 4. The van der Waals surface area contributed by atoms with Crippen molar-refractivity contribution in [3.63, 3.8) is 0 Å². The van der Waals surface area contributed by atoms with Gasteiger partial charge in [-0.1, -0.05) is 51.1 Å². The highest BCUT2D eigenvalue weighted by atomic mass is 19.1. The number of nitrogens with zero attached hydrogens (tertiary/aromatic N) is 3. The van der Waals surface area contributed by atoms with Gasteiger partial charge in [-0.3, -0.25) is 4.57 Å². The first-order valence-corrected chi connectivity index (χ1v) is 11.0. The lowest BCUT2D eigenvalue weighted by Gasteiger charge is -2.17. The molecule has 0 fully saturated rings. The Morgan fingerprint density at radius 2 is 1.64 bits per heavy atom. The predicted octanol–water partition coefficient (Wildman–Crippen LogP) is 7.42. The summed E-state index contributed by atoms with van der Waals surface area (Å²) in [7, 11) is 0. The van der Waals surface area contributed by atoms with Gasteiger partial charge in [-0.25, -0.2) is 14.4 Å². The zero-order valence-electron chi connectivity index (χ0n) is 18.6. The second kappa shape index (κ2) is 7.01. The number of pyridine rings is 1. The fourth-order valence-corrected chi connectivity index (χ4v) is 4.33. The Labute approximate surface area is 190 Å². The van der Waals surface area contributed by atoms with Crippen LogP contribution < -0.4 is 0 Å². The van der Waals surface area contributed by atoms with E-state index in [9.17, 15) is 4.39 Å². The molecule has 0 amide bonds. The number of benzene rings is 3. The predicted molar refractivity (Wildman–Crippen MR) is 130 cm³/mol. The minimum absolute atomic E-state index is 0.0943. The Kier molecular flexibility index (Phi) is 4.18. The molecule has 0 aliphatic carbocycles. The lowest BCUT2D eigenvalue weighted by Crippen LogP contribution is -2.13. The molecule has 6 aromatic rings. The van der Waals surface area contributed by atoms with Gasteiger partial charge in [-0.15, -0.1) is 0 Å². The highest BCUT2D eigenvalue weighted by Gasteiger charge is 2.22. The molecule has 0 radical (unpaired) electrons. The van der Waals surface area contributed by atoms with Crippen LogP contribution in [0.2, 0.25) is 0 Å². The number of halogens is 1. The average molecular weight is 436 g/mol. The van der Waals surface area contributed by atoms with Crippen molar-refractivity contribution >= 4 is 33.1 Å². The third-order valence-electron chi connectivity index (χ3n) is 5.99. The summed E-state index contributed by atoms with van der Waals surface area (Å²) in [5.74, 6) is 0.415. The van der Waals surface area contributed by atoms with Crippen molar-refractivity contribution in [2.45, 2.75) is 26.2 Å². The number of hydrogen-bond donors (Lipinski definition) is 0. The first-order valence-electron chi connectivity index (χ1n) is 11.0. The number of hydrogen-bond acceptors (Lipinski definition) is 3. The lowest BCUT2D eigenvalue weighted by atomic mass is 9.92. The highest BCUT2D eigenvalue weighted by molar-refractivity contribution is 6.09. The molecule has 162 valence electrons. The molecule has 6 rings (SSSR count). The van der Waals surface area contributed by atoms with Crippen molar-refractivity contribution in [3.05, 3.63) is 90.4 Å². The summed E-state index contributed by atoms with van der Waals surface area (Å²) in [6.45, 7) is 6.46. The molecule has 3 aromatic carbocycles. The topological polar surface area (TPSA) is 43.9 Å². The van der Waals surface area contributed by atoms with E-state index in [1.807, 2.05) is 60.7 Å². The zero-order valence-corrected chi connectivity index (χ0v) is 18.6. The fraction of sp³-hybridized carbons (Fsp3) is 0.143. The van der Waals surface area contributed by atoms with Crippen LogP contribution in [0.1, 0.15) is 26.5 Å². The van der Waals surface area contributed by atoms with E-state index in [2.05, 4.69) is 25.3 Å². The van der Waals surface area contributed by atoms with Crippen molar-refractivity contribution in [2.24, 2.45) is 0 Å². The number of imidazole rings is 1. The molecule has 0 saturated heterocycles. The highest BCUT2D eigenvalue weighted by Crippen LogP contribution is 2.38. The summed E-state index contributed by atoms with van der Waals surface area (Å²) in [5, 5.41) is 1.81. The van der Waals surface area contributed by atoms with Crippen LogP contribution in [0.25, 0.3) is 50.2 Å². The molecule has 0 spiro atoms. The Morgan fingerprint density at radius 3 is 2.42 bits per heavy atom. The van der Waals surface area contributed by atoms with Crippen LogP contribution in [0.15, 0.2) is 83.3 Å². The molecule has 3 heterocycles. The Balaban J connectivity index is 1.71. The van der Waals surface area contributed by atoms with E-state index in [4.69, 9.17) is 14.4 Å². The van der Waals surface area contributed by atoms with E-state index in [-0.39, 0.29) is 11.2 Å². The van der Waals surface area contributed by atoms with E-state index in [0.717, 1.165) is 44.7 Å². The van der Waals surface area contributed by atoms with Gasteiger partial charge in [0.25, 0.3) is 0 Å². The molecule has 0 bridgehead atoms. The van der Waals surface area contributed by atoms with Crippen molar-refractivity contribution in [1.29, 1.82) is 0 Å². The van der Waals surface area contributed by atoms with E-state index < -0.39 is 0 Å². The standard InChI is InChI=1S/C28H22FN3O/c1-28(2,3)24-15-14-22-27(31-24)32(18-8-5-4-6-9-18)26(30-22)21-11-7-10-20-19-13-12-17(29)16-23(19)33-25(20)21/h4-16H,1-3H3. The van der Waals surface area contributed by atoms with Crippen LogP contribution >= 0.6 is 0 Å². The lowest BCUT2D eigenvalue weighted by molar-refractivity contribution is 0.571. The molecule has 5 heteroatoms. The maximum absolute atomic E-state index is 13.9. The van der Waals surface area contributed by atoms with Crippen molar-refractivity contribution in [2.75, 3.05) is 0 Å². The van der Waals surface area contributed by atoms with Gasteiger partial charge < -0.3 is 4.42 Å². The van der Waals surface area contributed by atoms with Gasteiger partial charge in [-0.2, -0.15) is 0 Å². The smallest absolute Gasteiger partial charge is 0.165 e. The number of aromatic nitrogens is 3. The normalized spacial score (nSPS) is 12.2. The summed E-state index contributed by atoms with van der Waals surface area (Å²) in [5.41, 5.74) is 5.51. The zero-order chi connectivity index (χ0) is 22.7. The SMILES string of the molecule is CC(C)(C)c1ccc2nc(-c3cccc4c3oc3cc(F)ccc34)n(-c3ccccc3)c2n1. The van der Waals surface area contributed by atoms with Gasteiger partial charge in [0.05, 0.1) is 5.56 Å². The summed E-state index contributed by atoms with van der Waals surface area (Å²) < 4.78 is 22.1. The van der Waals surface area contributed by atoms with Crippen LogP contribution in [0.4, 0.5) is 4.39 Å². The maximum atomic E-state index is 13.9. The van der Waals surface area contributed by atoms with E-state index in [1.165, 1.54) is 12.1 Å². The van der Waals surface area contributed by atoms with Crippen LogP contribution in [-0.4, -0.2) is 14.5 Å². The number of furan rings is 1. The molecule has 0 saturated carbocycles. The Morgan fingerprint density at radius 1 is 0.818 bits per heavy atom. The average Bonchev–Trinajstić information content (AvgIpc) is 3.36. The monoisotopic (exact) mass is 435 g/mol. The second-order valence-electron chi connectivity index (χ2n) is 9.32. The summed E-state index contributed by atoms with van der Waals surface area (Å²) in [4.78, 5) is 10.0. The minimum atomic E-state index is -0.321. The van der Waals surface area contributed by atoms with Crippen LogP contribution in [0.3, 0.4) is 0 Å². The van der Waals surface area contributed by atoms with Gasteiger partial charge >= 0.3 is 0 Å². The number of rotatable bonds is 2. The van der Waals surface area contributed by atoms with Crippen molar-refractivity contribution in [3.8, 4) is 17.1 Å². The Hall–Kier alpha value is -3.99. The molecule has 0 unspecified atom stereocenters. The van der Waals surface area contributed by atoms with Gasteiger partial charge in [0, 0.05) is 33.6 Å². The minimum Gasteiger partial charge on any atom is -0.455 e. The summed E-state index contributed by atoms with van der Waals surface area (Å²) in [6.07, 6.45) is 0. The third kappa shape index (κ3) is 3.11. The van der Waals surface area contributed by atoms with Gasteiger partial charge in [0.1, 0.15) is 22.5 Å². The van der Waals surface area contributed by atoms with Gasteiger partial charge in [0.15, 0.2) is 11.5 Å². The van der Waals surface area contributed by atoms with Crippen LogP contribution in [0, 0.1) is 5.82 Å². The molecule has 0 N–H and O–H groups in total. The fourth-order valence-electron chi connectivity index (χ4n) is 4.33. The molecule has 3 aromatic heterocycles. The molecular formula is C28H22FN3O. The molecular weight excluding hydrogens is 413 g/mol. The van der Waals surface area contributed by atoms with Crippen molar-refractivity contribution < 1.29 is 8.81 Å². The first kappa shape index (κ1) is 19.7. The van der Waals surface area contributed by atoms with Crippen LogP contribution in [-0.2, 0) is 5.41 Å². The Bertz CT molecular complexity index is 1660. The van der Waals surface area contributed by atoms with E-state index >= 15 is 0 Å². The summed E-state index contributed by atoms with van der Waals surface area (Å²) in [6, 6.07) is 24.8. The second-order valence-corrected chi connectivity index (χ2v) is 9.32. The van der Waals surface area contributed by atoms with Gasteiger partial charge in [-0.05, 0) is 42.5 Å². The maximum Gasteiger partial charge on any atom is 0.165 e. The number of para-hydroxylation sites is 2. The largest absolute Gasteiger partial charge is 0.455 e. The molecule has 0 aliphatic rings. The quantitative estimate of drug-likeness (QED) is 0.284.